The Hall–Kier alpha value is -1.58. The Morgan fingerprint density at radius 3 is 2.74 bits per heavy atom. The van der Waals surface area contributed by atoms with Gasteiger partial charge in [0.1, 0.15) is 10.8 Å². The lowest BCUT2D eigenvalue weighted by molar-refractivity contribution is 0.596. The largest absolute Gasteiger partial charge is 0.326 e. The number of halogens is 1. The zero-order valence-electron chi connectivity index (χ0n) is 9.92. The molecule has 0 saturated heterocycles. The fourth-order valence-corrected chi connectivity index (χ4v) is 3.26. The zero-order valence-corrected chi connectivity index (χ0v) is 11.6. The summed E-state index contributed by atoms with van der Waals surface area (Å²) >= 11 is 1.11. The van der Waals surface area contributed by atoms with Crippen molar-refractivity contribution in [2.24, 2.45) is 5.73 Å². The van der Waals surface area contributed by atoms with Crippen molar-refractivity contribution in [1.82, 2.24) is 10.2 Å². The number of nitrogens with zero attached hydrogens (tertiary/aromatic N) is 2. The average Bonchev–Trinajstić information content (AvgIpc) is 2.74. The van der Waals surface area contributed by atoms with Gasteiger partial charge < -0.3 is 5.73 Å². The van der Waals surface area contributed by atoms with E-state index in [9.17, 15) is 12.8 Å². The number of nitrogens with two attached hydrogens (primary N) is 1. The number of hydrogen-bond acceptors (Lipinski definition) is 6. The molecule has 0 aliphatic carbocycles. The molecule has 0 aliphatic rings. The summed E-state index contributed by atoms with van der Waals surface area (Å²) < 4.78 is 39.7. The second-order valence-electron chi connectivity index (χ2n) is 3.69. The molecule has 19 heavy (non-hydrogen) atoms. The summed E-state index contributed by atoms with van der Waals surface area (Å²) in [6.45, 7) is 1.63. The normalized spacial score (nSPS) is 11.5. The van der Waals surface area contributed by atoms with E-state index >= 15 is 0 Å². The van der Waals surface area contributed by atoms with Crippen LogP contribution in [-0.4, -0.2) is 18.6 Å². The fourth-order valence-electron chi connectivity index (χ4n) is 1.39. The van der Waals surface area contributed by atoms with Crippen LogP contribution in [0, 0.1) is 12.7 Å². The summed E-state index contributed by atoms with van der Waals surface area (Å²) in [5.74, 6) is -0.534. The van der Waals surface area contributed by atoms with Crippen LogP contribution in [0.25, 0.3) is 0 Å². The fraction of sp³-hybridized carbons (Fsp3) is 0.200. The van der Waals surface area contributed by atoms with Gasteiger partial charge in [0.15, 0.2) is 0 Å². The second-order valence-corrected chi connectivity index (χ2v) is 6.55. The highest BCUT2D eigenvalue weighted by atomic mass is 32.2. The number of sulfonamides is 1. The van der Waals surface area contributed by atoms with Gasteiger partial charge >= 0.3 is 0 Å². The number of hydrogen-bond donors (Lipinski definition) is 2. The number of benzene rings is 1. The smallest absolute Gasteiger partial charge is 0.263 e. The van der Waals surface area contributed by atoms with E-state index in [0.29, 0.717) is 5.01 Å². The molecule has 0 atom stereocenters. The third-order valence-corrected chi connectivity index (χ3v) is 4.52. The minimum Gasteiger partial charge on any atom is -0.326 e. The molecular formula is C10H11FN4O2S2. The first kappa shape index (κ1) is 13.8. The molecule has 2 aromatic rings. The van der Waals surface area contributed by atoms with Crippen LogP contribution in [-0.2, 0) is 16.6 Å². The number of aryl methyl sites for hydroxylation is 1. The van der Waals surface area contributed by atoms with Crippen LogP contribution in [0.15, 0.2) is 23.1 Å². The molecule has 0 radical (unpaired) electrons. The maximum absolute atomic E-state index is 13.3. The van der Waals surface area contributed by atoms with E-state index in [4.69, 9.17) is 5.73 Å². The minimum absolute atomic E-state index is 0.0674. The van der Waals surface area contributed by atoms with Gasteiger partial charge in [-0.1, -0.05) is 11.3 Å². The third-order valence-electron chi connectivity index (χ3n) is 2.30. The van der Waals surface area contributed by atoms with Crippen LogP contribution in [0.4, 0.5) is 9.52 Å². The highest BCUT2D eigenvalue weighted by Gasteiger charge is 2.17. The van der Waals surface area contributed by atoms with Gasteiger partial charge in [-0.25, -0.2) is 12.8 Å². The lowest BCUT2D eigenvalue weighted by atomic mass is 10.2. The first-order chi connectivity index (χ1) is 8.92. The van der Waals surface area contributed by atoms with E-state index in [1.165, 1.54) is 12.1 Å². The molecule has 1 heterocycles. The van der Waals surface area contributed by atoms with Gasteiger partial charge in [0.2, 0.25) is 5.13 Å². The average molecular weight is 302 g/mol. The van der Waals surface area contributed by atoms with Crippen LogP contribution in [0.3, 0.4) is 0 Å². The lowest BCUT2D eigenvalue weighted by Crippen LogP contribution is -2.14. The van der Waals surface area contributed by atoms with Crippen LogP contribution in [0.1, 0.15) is 10.6 Å². The maximum atomic E-state index is 13.3. The Morgan fingerprint density at radius 2 is 2.16 bits per heavy atom. The van der Waals surface area contributed by atoms with Gasteiger partial charge in [0.05, 0.1) is 4.90 Å². The van der Waals surface area contributed by atoms with Gasteiger partial charge in [-0.05, 0) is 25.1 Å². The van der Waals surface area contributed by atoms with Gasteiger partial charge in [0.25, 0.3) is 10.0 Å². The van der Waals surface area contributed by atoms with Gasteiger partial charge in [-0.15, -0.1) is 10.2 Å². The van der Waals surface area contributed by atoms with E-state index in [2.05, 4.69) is 14.9 Å². The topological polar surface area (TPSA) is 98.0 Å². The van der Waals surface area contributed by atoms with Crippen molar-refractivity contribution >= 4 is 26.5 Å². The van der Waals surface area contributed by atoms with Crippen LogP contribution >= 0.6 is 11.3 Å². The van der Waals surface area contributed by atoms with E-state index < -0.39 is 15.8 Å². The maximum Gasteiger partial charge on any atom is 0.263 e. The molecule has 1 aromatic heterocycles. The number of aromatic nitrogens is 2. The molecule has 0 spiro atoms. The molecule has 0 unspecified atom stereocenters. The van der Waals surface area contributed by atoms with E-state index in [1.54, 1.807) is 6.92 Å². The van der Waals surface area contributed by atoms with Crippen LogP contribution in [0.5, 0.6) is 0 Å². The van der Waals surface area contributed by atoms with E-state index in [1.807, 2.05) is 0 Å². The van der Waals surface area contributed by atoms with Gasteiger partial charge in [-0.3, -0.25) is 4.72 Å². The van der Waals surface area contributed by atoms with Crippen molar-refractivity contribution in [3.63, 3.8) is 0 Å². The highest BCUT2D eigenvalue weighted by Crippen LogP contribution is 2.20. The molecule has 9 heteroatoms. The number of anilines is 1. The van der Waals surface area contributed by atoms with Crippen LogP contribution in [0.2, 0.25) is 0 Å². The predicted octanol–water partition coefficient (Wildman–Crippen LogP) is 1.25. The first-order valence-corrected chi connectivity index (χ1v) is 7.54. The molecule has 0 bridgehead atoms. The highest BCUT2D eigenvalue weighted by molar-refractivity contribution is 7.93. The van der Waals surface area contributed by atoms with Crippen molar-refractivity contribution in [3.8, 4) is 0 Å². The molecule has 102 valence electrons. The number of nitrogens with one attached hydrogen (secondary N) is 1. The Kier molecular flexibility index (Phi) is 3.78. The van der Waals surface area contributed by atoms with Crippen molar-refractivity contribution in [2.45, 2.75) is 18.4 Å². The SMILES string of the molecule is Cc1nnc(NS(=O)(=O)c2ccc(F)c(CN)c2)s1. The quantitative estimate of drug-likeness (QED) is 0.885. The minimum atomic E-state index is -3.81. The standard InChI is InChI=1S/C10H11FN4O2S2/c1-6-13-14-10(18-6)15-19(16,17)8-2-3-9(11)7(4-8)5-12/h2-4H,5,12H2,1H3,(H,14,15). The summed E-state index contributed by atoms with van der Waals surface area (Å²) in [6.07, 6.45) is 0. The summed E-state index contributed by atoms with van der Waals surface area (Å²) in [5, 5.41) is 8.17. The number of rotatable bonds is 4. The Morgan fingerprint density at radius 1 is 1.42 bits per heavy atom. The van der Waals surface area contributed by atoms with E-state index in [0.717, 1.165) is 17.4 Å². The Labute approximate surface area is 113 Å². The van der Waals surface area contributed by atoms with Gasteiger partial charge in [0, 0.05) is 12.1 Å². The first-order valence-electron chi connectivity index (χ1n) is 5.24. The molecule has 6 nitrogen and oxygen atoms in total. The summed E-state index contributed by atoms with van der Waals surface area (Å²) in [5.41, 5.74) is 5.48. The lowest BCUT2D eigenvalue weighted by Gasteiger charge is -2.06. The van der Waals surface area contributed by atoms with Crippen molar-refractivity contribution in [2.75, 3.05) is 4.72 Å². The predicted molar refractivity (Wildman–Crippen MR) is 69.7 cm³/mol. The monoisotopic (exact) mass is 302 g/mol. The van der Waals surface area contributed by atoms with Crippen molar-refractivity contribution < 1.29 is 12.8 Å². The molecular weight excluding hydrogens is 291 g/mol. The third kappa shape index (κ3) is 3.06. The van der Waals surface area contributed by atoms with Crippen molar-refractivity contribution in [1.29, 1.82) is 0 Å². The zero-order chi connectivity index (χ0) is 14.0. The molecule has 3 N–H and O–H groups in total. The second kappa shape index (κ2) is 5.19. The molecule has 0 fully saturated rings. The molecule has 0 amide bonds. The molecule has 0 saturated carbocycles. The summed E-state index contributed by atoms with van der Waals surface area (Å²) in [6, 6.07) is 3.44. The van der Waals surface area contributed by atoms with Gasteiger partial charge in [-0.2, -0.15) is 0 Å². The molecule has 0 aliphatic heterocycles. The Bertz CT molecular complexity index is 699. The van der Waals surface area contributed by atoms with E-state index in [-0.39, 0.29) is 22.1 Å². The summed E-state index contributed by atoms with van der Waals surface area (Å²) in [4.78, 5) is -0.0674. The van der Waals surface area contributed by atoms with Crippen LogP contribution < -0.4 is 10.5 Å². The van der Waals surface area contributed by atoms with Crippen molar-refractivity contribution in [3.05, 3.63) is 34.6 Å². The molecule has 2 rings (SSSR count). The Balaban J connectivity index is 2.34. The summed E-state index contributed by atoms with van der Waals surface area (Å²) in [7, 11) is -3.81. The molecule has 1 aromatic carbocycles.